The second-order valence-electron chi connectivity index (χ2n) is 3.68. The van der Waals surface area contributed by atoms with E-state index < -0.39 is 6.16 Å². The summed E-state index contributed by atoms with van der Waals surface area (Å²) >= 11 is 0. The Labute approximate surface area is 105 Å². The van der Waals surface area contributed by atoms with Gasteiger partial charge in [-0.05, 0) is 5.56 Å². The zero-order valence-corrected chi connectivity index (χ0v) is 9.93. The molecule has 1 aliphatic heterocycles. The summed E-state index contributed by atoms with van der Waals surface area (Å²) in [5, 5.41) is 0. The molecule has 0 aromatic heterocycles. The molecular formula is C14H14O4. The third-order valence-corrected chi connectivity index (χ3v) is 2.45. The molecule has 0 spiro atoms. The van der Waals surface area contributed by atoms with Crippen LogP contribution in [0.1, 0.15) is 12.0 Å². The molecule has 1 aromatic carbocycles. The number of carbonyl (C=O) groups excluding carboxylic acids is 1. The maximum Gasteiger partial charge on any atom is 0.516 e. The molecule has 1 aliphatic rings. The standard InChI is InChI=1S/C14H14O4/c1-2-9-17-14(15)18-13-12(8-10-16-13)11-6-4-3-5-7-11/h2-7H,1,8-10H2. The molecule has 0 fully saturated rings. The number of hydrogen-bond acceptors (Lipinski definition) is 4. The lowest BCUT2D eigenvalue weighted by atomic mass is 10.1. The Balaban J connectivity index is 2.10. The van der Waals surface area contributed by atoms with Crippen molar-refractivity contribution in [3.63, 3.8) is 0 Å². The van der Waals surface area contributed by atoms with Gasteiger partial charge in [-0.25, -0.2) is 4.79 Å². The van der Waals surface area contributed by atoms with E-state index in [-0.39, 0.29) is 12.6 Å². The van der Waals surface area contributed by atoms with Crippen molar-refractivity contribution in [1.29, 1.82) is 0 Å². The van der Waals surface area contributed by atoms with E-state index in [1.165, 1.54) is 6.08 Å². The molecular weight excluding hydrogens is 232 g/mol. The van der Waals surface area contributed by atoms with Crippen molar-refractivity contribution >= 4 is 11.7 Å². The number of rotatable bonds is 4. The van der Waals surface area contributed by atoms with Crippen LogP contribution in [0.4, 0.5) is 4.79 Å². The van der Waals surface area contributed by atoms with Gasteiger partial charge in [0.15, 0.2) is 0 Å². The topological polar surface area (TPSA) is 44.8 Å². The van der Waals surface area contributed by atoms with E-state index in [1.54, 1.807) is 0 Å². The Bertz CT molecular complexity index is 462. The van der Waals surface area contributed by atoms with Gasteiger partial charge in [-0.3, -0.25) is 0 Å². The van der Waals surface area contributed by atoms with E-state index in [1.807, 2.05) is 30.3 Å². The number of ether oxygens (including phenoxy) is 3. The van der Waals surface area contributed by atoms with Crippen molar-refractivity contribution in [2.45, 2.75) is 6.42 Å². The lowest BCUT2D eigenvalue weighted by molar-refractivity contribution is 0.0350. The Morgan fingerprint density at radius 3 is 2.89 bits per heavy atom. The van der Waals surface area contributed by atoms with Gasteiger partial charge in [0.2, 0.25) is 0 Å². The highest BCUT2D eigenvalue weighted by atomic mass is 16.8. The van der Waals surface area contributed by atoms with Crippen LogP contribution in [0.3, 0.4) is 0 Å². The molecule has 0 saturated carbocycles. The minimum atomic E-state index is -0.778. The molecule has 0 saturated heterocycles. The molecule has 0 unspecified atom stereocenters. The van der Waals surface area contributed by atoms with Crippen LogP contribution in [0.15, 0.2) is 48.9 Å². The molecule has 0 N–H and O–H groups in total. The van der Waals surface area contributed by atoms with Gasteiger partial charge < -0.3 is 14.2 Å². The Hall–Kier alpha value is -2.23. The van der Waals surface area contributed by atoms with Gasteiger partial charge in [0.25, 0.3) is 5.95 Å². The van der Waals surface area contributed by atoms with E-state index in [2.05, 4.69) is 6.58 Å². The smallest absolute Gasteiger partial charge is 0.464 e. The highest BCUT2D eigenvalue weighted by Gasteiger charge is 2.22. The molecule has 1 aromatic rings. The van der Waals surface area contributed by atoms with Gasteiger partial charge in [0.05, 0.1) is 6.61 Å². The fourth-order valence-electron chi connectivity index (χ4n) is 1.66. The summed E-state index contributed by atoms with van der Waals surface area (Å²) in [6.45, 7) is 4.08. The summed E-state index contributed by atoms with van der Waals surface area (Å²) in [5.74, 6) is 0.232. The maximum absolute atomic E-state index is 11.3. The quantitative estimate of drug-likeness (QED) is 0.605. The summed E-state index contributed by atoms with van der Waals surface area (Å²) in [6.07, 6.45) is 1.41. The first kappa shape index (κ1) is 12.2. The van der Waals surface area contributed by atoms with Crippen molar-refractivity contribution in [1.82, 2.24) is 0 Å². The number of carbonyl (C=O) groups is 1. The summed E-state index contributed by atoms with van der Waals surface area (Å²) in [7, 11) is 0. The molecule has 4 heteroatoms. The molecule has 0 amide bonds. The molecule has 4 nitrogen and oxygen atoms in total. The third-order valence-electron chi connectivity index (χ3n) is 2.45. The van der Waals surface area contributed by atoms with E-state index >= 15 is 0 Å². The maximum atomic E-state index is 11.3. The van der Waals surface area contributed by atoms with Gasteiger partial charge in [0.1, 0.15) is 6.61 Å². The van der Waals surface area contributed by atoms with Gasteiger partial charge >= 0.3 is 6.16 Å². The minimum absolute atomic E-state index is 0.118. The largest absolute Gasteiger partial charge is 0.516 e. The highest BCUT2D eigenvalue weighted by Crippen LogP contribution is 2.29. The Morgan fingerprint density at radius 2 is 2.17 bits per heavy atom. The number of hydrogen-bond donors (Lipinski definition) is 0. The van der Waals surface area contributed by atoms with Crippen LogP contribution in [0, 0.1) is 0 Å². The minimum Gasteiger partial charge on any atom is -0.464 e. The number of benzene rings is 1. The van der Waals surface area contributed by atoms with Crippen LogP contribution >= 0.6 is 0 Å². The van der Waals surface area contributed by atoms with Crippen LogP contribution in [-0.2, 0) is 14.2 Å². The Morgan fingerprint density at radius 1 is 1.39 bits per heavy atom. The van der Waals surface area contributed by atoms with Crippen molar-refractivity contribution < 1.29 is 19.0 Å². The molecule has 0 bridgehead atoms. The molecule has 1 heterocycles. The molecule has 18 heavy (non-hydrogen) atoms. The molecule has 2 rings (SSSR count). The zero-order valence-electron chi connectivity index (χ0n) is 9.93. The normalized spacial score (nSPS) is 14.0. The predicted octanol–water partition coefficient (Wildman–Crippen LogP) is 3.11. The first-order chi connectivity index (χ1) is 8.81. The fourth-order valence-corrected chi connectivity index (χ4v) is 1.66. The van der Waals surface area contributed by atoms with E-state index in [4.69, 9.17) is 14.2 Å². The highest BCUT2D eigenvalue weighted by molar-refractivity contribution is 5.71. The second-order valence-corrected chi connectivity index (χ2v) is 3.68. The van der Waals surface area contributed by atoms with Gasteiger partial charge in [-0.2, -0.15) is 0 Å². The first-order valence-corrected chi connectivity index (χ1v) is 5.68. The summed E-state index contributed by atoms with van der Waals surface area (Å²) in [5.41, 5.74) is 1.87. The summed E-state index contributed by atoms with van der Waals surface area (Å²) in [6, 6.07) is 9.67. The van der Waals surface area contributed by atoms with Gasteiger partial charge in [-0.1, -0.05) is 43.0 Å². The van der Waals surface area contributed by atoms with Crippen molar-refractivity contribution in [2.75, 3.05) is 13.2 Å². The van der Waals surface area contributed by atoms with E-state index in [9.17, 15) is 4.79 Å². The third kappa shape index (κ3) is 2.91. The van der Waals surface area contributed by atoms with E-state index in [0.29, 0.717) is 13.0 Å². The summed E-state index contributed by atoms with van der Waals surface area (Å²) in [4.78, 5) is 11.3. The van der Waals surface area contributed by atoms with Crippen LogP contribution in [-0.4, -0.2) is 19.4 Å². The molecule has 0 atom stereocenters. The van der Waals surface area contributed by atoms with Crippen LogP contribution in [0.25, 0.3) is 5.57 Å². The van der Waals surface area contributed by atoms with Crippen molar-refractivity contribution in [3.8, 4) is 0 Å². The lowest BCUT2D eigenvalue weighted by Gasteiger charge is -2.07. The summed E-state index contributed by atoms with van der Waals surface area (Å²) < 4.78 is 15.1. The fraction of sp³-hybridized carbons (Fsp3) is 0.214. The molecule has 0 aliphatic carbocycles. The van der Waals surface area contributed by atoms with Crippen molar-refractivity contribution in [2.24, 2.45) is 0 Å². The zero-order chi connectivity index (χ0) is 12.8. The van der Waals surface area contributed by atoms with Crippen LogP contribution in [0.2, 0.25) is 0 Å². The lowest BCUT2D eigenvalue weighted by Crippen LogP contribution is -2.08. The average molecular weight is 246 g/mol. The van der Waals surface area contributed by atoms with Crippen molar-refractivity contribution in [3.05, 3.63) is 54.5 Å². The SMILES string of the molecule is C=CCOC(=O)OC1=C(c2ccccc2)CCO1. The second kappa shape index (κ2) is 5.91. The van der Waals surface area contributed by atoms with Crippen LogP contribution in [0.5, 0.6) is 0 Å². The molecule has 94 valence electrons. The van der Waals surface area contributed by atoms with Gasteiger partial charge in [0, 0.05) is 12.0 Å². The monoisotopic (exact) mass is 246 g/mol. The average Bonchev–Trinajstić information content (AvgIpc) is 2.85. The van der Waals surface area contributed by atoms with Crippen LogP contribution < -0.4 is 0 Å². The Kier molecular flexibility index (Phi) is 4.02. The van der Waals surface area contributed by atoms with Gasteiger partial charge in [-0.15, -0.1) is 0 Å². The first-order valence-electron chi connectivity index (χ1n) is 5.68. The predicted molar refractivity (Wildman–Crippen MR) is 66.6 cm³/mol. The van der Waals surface area contributed by atoms with E-state index in [0.717, 1.165) is 11.1 Å². The molecule has 0 radical (unpaired) electrons.